The third kappa shape index (κ3) is 4.02. The van der Waals surface area contributed by atoms with Crippen molar-refractivity contribution < 1.29 is 4.79 Å². The first-order chi connectivity index (χ1) is 14.5. The van der Waals surface area contributed by atoms with E-state index < -0.39 is 0 Å². The minimum absolute atomic E-state index is 0.115. The maximum absolute atomic E-state index is 13.2. The molecule has 0 atom stereocenters. The van der Waals surface area contributed by atoms with Gasteiger partial charge in [0.05, 0.1) is 0 Å². The van der Waals surface area contributed by atoms with E-state index in [-0.39, 0.29) is 5.91 Å². The van der Waals surface area contributed by atoms with Crippen molar-refractivity contribution in [2.24, 2.45) is 5.41 Å². The highest BCUT2D eigenvalue weighted by molar-refractivity contribution is 9.10. The molecule has 2 heterocycles. The number of nitrogens with one attached hydrogen (secondary N) is 1. The van der Waals surface area contributed by atoms with Gasteiger partial charge in [0.25, 0.3) is 5.91 Å². The van der Waals surface area contributed by atoms with Gasteiger partial charge in [0.2, 0.25) is 5.95 Å². The van der Waals surface area contributed by atoms with Crippen molar-refractivity contribution >= 4 is 39.2 Å². The third-order valence-electron chi connectivity index (χ3n) is 6.71. The minimum Gasteiger partial charge on any atom is -0.341 e. The molecule has 0 unspecified atom stereocenters. The molecular weight excluding hydrogens is 440 g/mol. The molecule has 5 rings (SSSR count). The first-order valence-corrected chi connectivity index (χ1v) is 11.7. The van der Waals surface area contributed by atoms with Crippen LogP contribution in [0, 0.1) is 12.3 Å². The van der Waals surface area contributed by atoms with Gasteiger partial charge in [-0.3, -0.25) is 4.79 Å². The molecule has 2 aromatic rings. The summed E-state index contributed by atoms with van der Waals surface area (Å²) in [6.07, 6.45) is 10.8. The molecule has 1 aromatic carbocycles. The Morgan fingerprint density at radius 3 is 2.63 bits per heavy atom. The van der Waals surface area contributed by atoms with Crippen LogP contribution in [0.3, 0.4) is 0 Å². The SMILES string of the molecule is Cc1cc(NC(=O)c2ccc(Br)cc2C2=CCC3(CC2)CC3)nc(N2CCCC2)n1. The second kappa shape index (κ2) is 7.80. The van der Waals surface area contributed by atoms with Crippen LogP contribution >= 0.6 is 15.9 Å². The molecule has 1 spiro atoms. The number of amides is 1. The fraction of sp³-hybridized carbons (Fsp3) is 0.458. The summed E-state index contributed by atoms with van der Waals surface area (Å²) in [5, 5.41) is 3.03. The predicted octanol–water partition coefficient (Wildman–Crippen LogP) is 5.75. The molecule has 0 radical (unpaired) electrons. The van der Waals surface area contributed by atoms with Gasteiger partial charge < -0.3 is 10.2 Å². The Morgan fingerprint density at radius 1 is 1.13 bits per heavy atom. The highest BCUT2D eigenvalue weighted by atomic mass is 79.9. The number of benzene rings is 1. The number of hydrogen-bond acceptors (Lipinski definition) is 4. The molecule has 1 aliphatic heterocycles. The molecule has 1 saturated carbocycles. The molecule has 2 aliphatic carbocycles. The van der Waals surface area contributed by atoms with Crippen LogP contribution in [0.1, 0.15) is 66.6 Å². The zero-order chi connectivity index (χ0) is 20.7. The number of hydrogen-bond donors (Lipinski definition) is 1. The molecule has 30 heavy (non-hydrogen) atoms. The Balaban J connectivity index is 1.41. The van der Waals surface area contributed by atoms with Gasteiger partial charge in [0.1, 0.15) is 5.82 Å². The Kier molecular flexibility index (Phi) is 5.13. The molecule has 1 aromatic heterocycles. The van der Waals surface area contributed by atoms with Crippen molar-refractivity contribution in [1.29, 1.82) is 0 Å². The summed E-state index contributed by atoms with van der Waals surface area (Å²) < 4.78 is 0.996. The van der Waals surface area contributed by atoms with Crippen LogP contribution in [0.2, 0.25) is 0 Å². The lowest BCUT2D eigenvalue weighted by molar-refractivity contribution is 0.102. The van der Waals surface area contributed by atoms with E-state index in [9.17, 15) is 4.79 Å². The first kappa shape index (κ1) is 19.7. The third-order valence-corrected chi connectivity index (χ3v) is 7.20. The van der Waals surface area contributed by atoms with Crippen LogP contribution in [-0.2, 0) is 0 Å². The van der Waals surface area contributed by atoms with E-state index in [0.29, 0.717) is 22.7 Å². The lowest BCUT2D eigenvalue weighted by atomic mass is 9.83. The van der Waals surface area contributed by atoms with E-state index in [1.54, 1.807) is 0 Å². The second-order valence-corrected chi connectivity index (χ2v) is 9.88. The summed E-state index contributed by atoms with van der Waals surface area (Å²) in [5.74, 6) is 1.16. The normalized spacial score (nSPS) is 19.7. The molecule has 1 amide bonds. The average Bonchev–Trinajstić information content (AvgIpc) is 3.25. The van der Waals surface area contributed by atoms with Crippen LogP contribution in [-0.4, -0.2) is 29.0 Å². The van der Waals surface area contributed by atoms with Crippen LogP contribution in [0.25, 0.3) is 5.57 Å². The summed E-state index contributed by atoms with van der Waals surface area (Å²) >= 11 is 3.59. The Hall–Kier alpha value is -2.21. The van der Waals surface area contributed by atoms with E-state index in [2.05, 4.69) is 48.3 Å². The number of allylic oxidation sites excluding steroid dienone is 2. The largest absolute Gasteiger partial charge is 0.341 e. The molecule has 2 fully saturated rings. The van der Waals surface area contributed by atoms with Crippen LogP contribution in [0.15, 0.2) is 34.8 Å². The fourth-order valence-electron chi connectivity index (χ4n) is 4.66. The summed E-state index contributed by atoms with van der Waals surface area (Å²) in [4.78, 5) is 24.6. The van der Waals surface area contributed by atoms with Crippen LogP contribution in [0.4, 0.5) is 11.8 Å². The van der Waals surface area contributed by atoms with E-state index in [1.165, 1.54) is 24.8 Å². The van der Waals surface area contributed by atoms with Gasteiger partial charge in [0.15, 0.2) is 0 Å². The molecular formula is C24H27BrN4O. The zero-order valence-corrected chi connectivity index (χ0v) is 19.0. The van der Waals surface area contributed by atoms with Crippen molar-refractivity contribution in [2.45, 2.75) is 51.9 Å². The lowest BCUT2D eigenvalue weighted by Crippen LogP contribution is -2.22. The first-order valence-electron chi connectivity index (χ1n) is 10.9. The van der Waals surface area contributed by atoms with Crippen molar-refractivity contribution in [3.05, 3.63) is 51.6 Å². The van der Waals surface area contributed by atoms with Gasteiger partial charge in [-0.15, -0.1) is 0 Å². The average molecular weight is 467 g/mol. The van der Waals surface area contributed by atoms with E-state index >= 15 is 0 Å². The standard InChI is InChI=1S/C24H27BrN4O/c1-16-14-21(28-23(26-16)29-12-2-3-13-29)27-22(30)19-5-4-18(25)15-20(19)17-6-8-24(9-7-17)10-11-24/h4-6,14-15H,2-3,7-13H2,1H3,(H,26,27,28,30). The fourth-order valence-corrected chi connectivity index (χ4v) is 5.02. The quantitative estimate of drug-likeness (QED) is 0.623. The summed E-state index contributed by atoms with van der Waals surface area (Å²) in [6.45, 7) is 3.90. The van der Waals surface area contributed by atoms with Gasteiger partial charge in [-0.05, 0) is 86.6 Å². The number of aromatic nitrogens is 2. The molecule has 156 valence electrons. The second-order valence-electron chi connectivity index (χ2n) is 8.97. The highest BCUT2D eigenvalue weighted by Gasteiger charge is 2.42. The monoisotopic (exact) mass is 466 g/mol. The predicted molar refractivity (Wildman–Crippen MR) is 124 cm³/mol. The maximum atomic E-state index is 13.2. The van der Waals surface area contributed by atoms with Crippen molar-refractivity contribution in [3.63, 3.8) is 0 Å². The van der Waals surface area contributed by atoms with Gasteiger partial charge in [0, 0.05) is 34.9 Å². The number of halogens is 1. The molecule has 1 saturated heterocycles. The molecule has 1 N–H and O–H groups in total. The molecule has 5 nitrogen and oxygen atoms in total. The molecule has 6 heteroatoms. The number of carbonyl (C=O) groups is 1. The number of rotatable bonds is 4. The van der Waals surface area contributed by atoms with Gasteiger partial charge in [-0.2, -0.15) is 4.98 Å². The zero-order valence-electron chi connectivity index (χ0n) is 17.4. The van der Waals surface area contributed by atoms with Crippen molar-refractivity contribution in [2.75, 3.05) is 23.3 Å². The number of carbonyl (C=O) groups excluding carboxylic acids is 1. The van der Waals surface area contributed by atoms with Crippen LogP contribution in [0.5, 0.6) is 0 Å². The number of aryl methyl sites for hydroxylation is 1. The van der Waals surface area contributed by atoms with E-state index in [4.69, 9.17) is 0 Å². The van der Waals surface area contributed by atoms with Gasteiger partial charge in [-0.25, -0.2) is 4.98 Å². The Labute approximate surface area is 186 Å². The Morgan fingerprint density at radius 2 is 1.93 bits per heavy atom. The minimum atomic E-state index is -0.115. The van der Waals surface area contributed by atoms with Gasteiger partial charge in [-0.1, -0.05) is 22.0 Å². The molecule has 3 aliphatic rings. The molecule has 0 bridgehead atoms. The summed E-state index contributed by atoms with van der Waals surface area (Å²) in [6, 6.07) is 7.76. The summed E-state index contributed by atoms with van der Waals surface area (Å²) in [7, 11) is 0. The lowest BCUT2D eigenvalue weighted by Gasteiger charge is -2.23. The smallest absolute Gasteiger partial charge is 0.257 e. The highest BCUT2D eigenvalue weighted by Crippen LogP contribution is 2.56. The van der Waals surface area contributed by atoms with Crippen molar-refractivity contribution in [1.82, 2.24) is 9.97 Å². The number of nitrogens with zero attached hydrogens (tertiary/aromatic N) is 3. The summed E-state index contributed by atoms with van der Waals surface area (Å²) in [5.41, 5.74) is 4.46. The topological polar surface area (TPSA) is 58.1 Å². The van der Waals surface area contributed by atoms with Crippen molar-refractivity contribution in [3.8, 4) is 0 Å². The van der Waals surface area contributed by atoms with E-state index in [1.807, 2.05) is 25.1 Å². The van der Waals surface area contributed by atoms with Gasteiger partial charge >= 0.3 is 0 Å². The Bertz CT molecular complexity index is 1020. The number of anilines is 2. The maximum Gasteiger partial charge on any atom is 0.257 e. The van der Waals surface area contributed by atoms with E-state index in [0.717, 1.165) is 54.5 Å². The van der Waals surface area contributed by atoms with Crippen LogP contribution < -0.4 is 10.2 Å².